The van der Waals surface area contributed by atoms with Crippen LogP contribution in [0.1, 0.15) is 37.6 Å². The Bertz CT molecular complexity index is 826. The molecule has 146 valence electrons. The fourth-order valence-electron chi connectivity index (χ4n) is 3.64. The van der Waals surface area contributed by atoms with E-state index in [2.05, 4.69) is 27.8 Å². The van der Waals surface area contributed by atoms with Crippen molar-refractivity contribution in [3.05, 3.63) is 29.7 Å². The summed E-state index contributed by atoms with van der Waals surface area (Å²) in [7, 11) is 3.69. The minimum absolute atomic E-state index is 0.00524. The number of aromatic nitrogens is 4. The molecule has 0 bridgehead atoms. The molecule has 2 aromatic rings. The number of carbonyl (C=O) groups is 2. The fourth-order valence-corrected chi connectivity index (χ4v) is 3.64. The first-order chi connectivity index (χ1) is 12.9. The molecule has 27 heavy (non-hydrogen) atoms. The maximum absolute atomic E-state index is 12.8. The lowest BCUT2D eigenvalue weighted by Crippen LogP contribution is -2.40. The summed E-state index contributed by atoms with van der Waals surface area (Å²) in [6.45, 7) is 4.54. The Morgan fingerprint density at radius 2 is 2.04 bits per heavy atom. The Morgan fingerprint density at radius 3 is 2.67 bits per heavy atom. The van der Waals surface area contributed by atoms with Crippen molar-refractivity contribution in [2.75, 3.05) is 18.4 Å². The Hall–Kier alpha value is -2.84. The molecule has 3 amide bonds. The molecule has 0 spiro atoms. The van der Waals surface area contributed by atoms with Gasteiger partial charge in [0.25, 0.3) is 0 Å². The second-order valence-electron chi connectivity index (χ2n) is 7.02. The van der Waals surface area contributed by atoms with Gasteiger partial charge in [0, 0.05) is 58.0 Å². The van der Waals surface area contributed by atoms with Gasteiger partial charge in [-0.1, -0.05) is 13.3 Å². The van der Waals surface area contributed by atoms with Gasteiger partial charge in [-0.05, 0) is 12.5 Å². The van der Waals surface area contributed by atoms with Crippen LogP contribution in [0.15, 0.2) is 18.3 Å². The van der Waals surface area contributed by atoms with Gasteiger partial charge < -0.3 is 10.2 Å². The van der Waals surface area contributed by atoms with Crippen molar-refractivity contribution < 1.29 is 9.59 Å². The largest absolute Gasteiger partial charge is 0.351 e. The van der Waals surface area contributed by atoms with Crippen LogP contribution in [0.2, 0.25) is 0 Å². The van der Waals surface area contributed by atoms with E-state index in [4.69, 9.17) is 0 Å². The second-order valence-corrected chi connectivity index (χ2v) is 7.02. The molecule has 0 unspecified atom stereocenters. The number of urea groups is 1. The number of rotatable bonds is 5. The predicted molar refractivity (Wildman–Crippen MR) is 101 cm³/mol. The van der Waals surface area contributed by atoms with Crippen LogP contribution >= 0.6 is 0 Å². The maximum Gasteiger partial charge on any atom is 0.323 e. The van der Waals surface area contributed by atoms with Gasteiger partial charge in [0.2, 0.25) is 5.91 Å². The minimum atomic E-state index is -0.193. The zero-order chi connectivity index (χ0) is 19.6. The van der Waals surface area contributed by atoms with Crippen LogP contribution in [0, 0.1) is 0 Å². The summed E-state index contributed by atoms with van der Waals surface area (Å²) in [5.74, 6) is 0.558. The van der Waals surface area contributed by atoms with Crippen molar-refractivity contribution in [3.63, 3.8) is 0 Å². The number of amides is 3. The molecule has 1 fully saturated rings. The number of anilines is 1. The quantitative estimate of drug-likeness (QED) is 0.824. The molecule has 3 rings (SSSR count). The van der Waals surface area contributed by atoms with E-state index in [1.54, 1.807) is 20.5 Å². The molecule has 2 N–H and O–H groups in total. The van der Waals surface area contributed by atoms with Gasteiger partial charge in [0.05, 0.1) is 11.7 Å². The summed E-state index contributed by atoms with van der Waals surface area (Å²) in [6, 6.07) is 3.49. The number of aryl methyl sites for hydroxylation is 3. The standard InChI is InChI=1S/C18H27N7O2/c1-5-6-13-9-17(24(4)22-13)21-18(27)25-10-14(15(11-25)20-12(2)26)16-7-8-19-23(16)3/h7-9,14-15H,5-6,10-11H2,1-4H3,(H,20,26)(H,21,27)/t14-,15-/m1/s1. The first kappa shape index (κ1) is 18.9. The highest BCUT2D eigenvalue weighted by Gasteiger charge is 2.38. The van der Waals surface area contributed by atoms with E-state index in [1.165, 1.54) is 6.92 Å². The summed E-state index contributed by atoms with van der Waals surface area (Å²) in [6.07, 6.45) is 3.61. The maximum atomic E-state index is 12.8. The summed E-state index contributed by atoms with van der Waals surface area (Å²) in [5, 5.41) is 14.5. The monoisotopic (exact) mass is 373 g/mol. The van der Waals surface area contributed by atoms with E-state index in [1.807, 2.05) is 26.2 Å². The molecular formula is C18H27N7O2. The SMILES string of the molecule is CCCc1cc(NC(=O)N2C[C@@H](NC(C)=O)[C@H](c3ccnn3C)C2)n(C)n1. The van der Waals surface area contributed by atoms with Gasteiger partial charge in [-0.25, -0.2) is 4.79 Å². The van der Waals surface area contributed by atoms with Crippen LogP contribution in [0.5, 0.6) is 0 Å². The van der Waals surface area contributed by atoms with Crippen LogP contribution in [-0.4, -0.2) is 55.5 Å². The smallest absolute Gasteiger partial charge is 0.323 e. The van der Waals surface area contributed by atoms with E-state index in [0.29, 0.717) is 18.9 Å². The number of likely N-dealkylation sites (tertiary alicyclic amines) is 1. The molecule has 0 aliphatic carbocycles. The Balaban J connectivity index is 1.73. The van der Waals surface area contributed by atoms with E-state index in [9.17, 15) is 9.59 Å². The Labute approximate surface area is 158 Å². The van der Waals surface area contributed by atoms with E-state index in [0.717, 1.165) is 24.2 Å². The molecule has 9 nitrogen and oxygen atoms in total. The first-order valence-corrected chi connectivity index (χ1v) is 9.22. The fraction of sp³-hybridized carbons (Fsp3) is 0.556. The summed E-state index contributed by atoms with van der Waals surface area (Å²) < 4.78 is 3.47. The molecule has 1 saturated heterocycles. The highest BCUT2D eigenvalue weighted by molar-refractivity contribution is 5.89. The van der Waals surface area contributed by atoms with E-state index in [-0.39, 0.29) is 23.9 Å². The Kier molecular flexibility index (Phi) is 5.48. The molecule has 2 atom stereocenters. The van der Waals surface area contributed by atoms with Gasteiger partial charge in [0.15, 0.2) is 0 Å². The average Bonchev–Trinajstić information content (AvgIpc) is 3.27. The lowest BCUT2D eigenvalue weighted by atomic mass is 9.99. The lowest BCUT2D eigenvalue weighted by Gasteiger charge is -2.18. The highest BCUT2D eigenvalue weighted by Crippen LogP contribution is 2.28. The van der Waals surface area contributed by atoms with Crippen LogP contribution in [-0.2, 0) is 25.3 Å². The van der Waals surface area contributed by atoms with Gasteiger partial charge in [-0.2, -0.15) is 10.2 Å². The lowest BCUT2D eigenvalue weighted by molar-refractivity contribution is -0.119. The van der Waals surface area contributed by atoms with Crippen molar-refractivity contribution in [1.82, 2.24) is 29.8 Å². The zero-order valence-electron chi connectivity index (χ0n) is 16.3. The Morgan fingerprint density at radius 1 is 1.26 bits per heavy atom. The molecule has 3 heterocycles. The molecule has 2 aromatic heterocycles. The van der Waals surface area contributed by atoms with Gasteiger partial charge >= 0.3 is 6.03 Å². The number of nitrogens with one attached hydrogen (secondary N) is 2. The first-order valence-electron chi connectivity index (χ1n) is 9.22. The third kappa shape index (κ3) is 4.12. The molecule has 1 aliphatic rings. The molecule has 9 heteroatoms. The van der Waals surface area contributed by atoms with Crippen molar-refractivity contribution in [2.24, 2.45) is 14.1 Å². The van der Waals surface area contributed by atoms with Crippen LogP contribution < -0.4 is 10.6 Å². The van der Waals surface area contributed by atoms with Gasteiger partial charge in [-0.3, -0.25) is 19.5 Å². The minimum Gasteiger partial charge on any atom is -0.351 e. The molecule has 0 aromatic carbocycles. The van der Waals surface area contributed by atoms with E-state index < -0.39 is 0 Å². The number of nitrogens with zero attached hydrogens (tertiary/aromatic N) is 5. The topological polar surface area (TPSA) is 97.1 Å². The van der Waals surface area contributed by atoms with Crippen LogP contribution in [0.25, 0.3) is 0 Å². The van der Waals surface area contributed by atoms with Gasteiger partial charge in [0.1, 0.15) is 5.82 Å². The molecule has 1 aliphatic heterocycles. The van der Waals surface area contributed by atoms with Crippen molar-refractivity contribution >= 4 is 17.8 Å². The van der Waals surface area contributed by atoms with Crippen molar-refractivity contribution in [1.29, 1.82) is 0 Å². The normalized spacial score (nSPS) is 19.3. The molecular weight excluding hydrogens is 346 g/mol. The van der Waals surface area contributed by atoms with Gasteiger partial charge in [-0.15, -0.1) is 0 Å². The van der Waals surface area contributed by atoms with Crippen LogP contribution in [0.4, 0.5) is 10.6 Å². The summed E-state index contributed by atoms with van der Waals surface area (Å²) >= 11 is 0. The number of hydrogen-bond acceptors (Lipinski definition) is 4. The van der Waals surface area contributed by atoms with Crippen molar-refractivity contribution in [3.8, 4) is 0 Å². The summed E-state index contributed by atoms with van der Waals surface area (Å²) in [4.78, 5) is 26.1. The third-order valence-electron chi connectivity index (χ3n) is 4.91. The average molecular weight is 373 g/mol. The number of carbonyl (C=O) groups excluding carboxylic acids is 2. The summed E-state index contributed by atoms with van der Waals surface area (Å²) in [5.41, 5.74) is 1.95. The molecule has 0 radical (unpaired) electrons. The predicted octanol–water partition coefficient (Wildman–Crippen LogP) is 1.24. The molecule has 0 saturated carbocycles. The van der Waals surface area contributed by atoms with Crippen molar-refractivity contribution in [2.45, 2.75) is 38.6 Å². The second kappa shape index (κ2) is 7.81. The van der Waals surface area contributed by atoms with E-state index >= 15 is 0 Å². The zero-order valence-corrected chi connectivity index (χ0v) is 16.3. The highest BCUT2D eigenvalue weighted by atomic mass is 16.2. The third-order valence-corrected chi connectivity index (χ3v) is 4.91. The van der Waals surface area contributed by atoms with Crippen LogP contribution in [0.3, 0.4) is 0 Å². The number of hydrogen-bond donors (Lipinski definition) is 2.